The highest BCUT2D eigenvalue weighted by Crippen LogP contribution is 2.19. The molecule has 1 heterocycles. The number of nitrogens with zero attached hydrogens (tertiary/aromatic N) is 2. The predicted octanol–water partition coefficient (Wildman–Crippen LogP) is 2.71. The second-order valence-corrected chi connectivity index (χ2v) is 8.66. The lowest BCUT2D eigenvalue weighted by atomic mass is 10.2. The number of carbonyl (C=O) groups is 2. The average molecular weight is 432 g/mol. The number of anilines is 1. The maximum absolute atomic E-state index is 12.9. The van der Waals surface area contributed by atoms with Gasteiger partial charge in [-0.25, -0.2) is 13.2 Å². The normalized spacial score (nSPS) is 14.3. The Morgan fingerprint density at radius 2 is 1.67 bits per heavy atom. The Balaban J connectivity index is 1.70. The van der Waals surface area contributed by atoms with Crippen LogP contribution in [0, 0.1) is 6.92 Å². The molecule has 160 valence electrons. The number of hydrogen-bond donors (Lipinski definition) is 1. The van der Waals surface area contributed by atoms with E-state index in [9.17, 15) is 18.0 Å². The largest absolute Gasteiger partial charge is 0.450 e. The second-order valence-electron chi connectivity index (χ2n) is 6.98. The number of carbonyl (C=O) groups excluding carboxylic acids is 2. The van der Waals surface area contributed by atoms with E-state index in [1.807, 2.05) is 13.0 Å². The van der Waals surface area contributed by atoms with Crippen LogP contribution in [0.3, 0.4) is 0 Å². The van der Waals surface area contributed by atoms with Crippen LogP contribution in [0.15, 0.2) is 53.4 Å². The molecular weight excluding hydrogens is 406 g/mol. The van der Waals surface area contributed by atoms with Gasteiger partial charge in [-0.05, 0) is 49.7 Å². The van der Waals surface area contributed by atoms with E-state index in [1.54, 1.807) is 47.1 Å². The van der Waals surface area contributed by atoms with Crippen LogP contribution in [-0.2, 0) is 14.8 Å². The van der Waals surface area contributed by atoms with Crippen molar-refractivity contribution >= 4 is 27.7 Å². The van der Waals surface area contributed by atoms with Crippen LogP contribution < -0.4 is 4.72 Å². The van der Waals surface area contributed by atoms with Crippen LogP contribution in [0.2, 0.25) is 0 Å². The molecule has 0 spiro atoms. The van der Waals surface area contributed by atoms with Crippen LogP contribution in [0.4, 0.5) is 10.5 Å². The molecule has 2 amide bonds. The summed E-state index contributed by atoms with van der Waals surface area (Å²) >= 11 is 0. The zero-order valence-electron chi connectivity index (χ0n) is 17.0. The Kier molecular flexibility index (Phi) is 6.61. The molecule has 3 rings (SSSR count). The first kappa shape index (κ1) is 21.6. The molecule has 0 radical (unpaired) electrons. The summed E-state index contributed by atoms with van der Waals surface area (Å²) in [5.41, 5.74) is 1.68. The van der Waals surface area contributed by atoms with E-state index >= 15 is 0 Å². The molecule has 9 heteroatoms. The third-order valence-corrected chi connectivity index (χ3v) is 6.13. The molecule has 0 saturated carbocycles. The summed E-state index contributed by atoms with van der Waals surface area (Å²) in [7, 11) is -3.83. The van der Waals surface area contributed by atoms with Gasteiger partial charge >= 0.3 is 6.09 Å². The maximum Gasteiger partial charge on any atom is 0.409 e. The van der Waals surface area contributed by atoms with Gasteiger partial charge in [-0.3, -0.25) is 9.52 Å². The molecule has 2 aromatic rings. The molecule has 1 fully saturated rings. The summed E-state index contributed by atoms with van der Waals surface area (Å²) in [5, 5.41) is 0. The number of aryl methyl sites for hydroxylation is 1. The van der Waals surface area contributed by atoms with Crippen molar-refractivity contribution in [3.63, 3.8) is 0 Å². The lowest BCUT2D eigenvalue weighted by molar-refractivity contribution is 0.0570. The average Bonchev–Trinajstić information content (AvgIpc) is 2.73. The number of hydrogen-bond acceptors (Lipinski definition) is 5. The molecule has 2 aromatic carbocycles. The zero-order valence-corrected chi connectivity index (χ0v) is 17.8. The zero-order chi connectivity index (χ0) is 21.7. The first-order valence-electron chi connectivity index (χ1n) is 9.70. The van der Waals surface area contributed by atoms with Crippen molar-refractivity contribution in [1.82, 2.24) is 9.80 Å². The van der Waals surface area contributed by atoms with Gasteiger partial charge in [-0.1, -0.05) is 18.2 Å². The van der Waals surface area contributed by atoms with Gasteiger partial charge in [0.1, 0.15) is 0 Å². The van der Waals surface area contributed by atoms with Gasteiger partial charge in [0.15, 0.2) is 0 Å². The number of piperazine rings is 1. The fourth-order valence-electron chi connectivity index (χ4n) is 3.21. The summed E-state index contributed by atoms with van der Waals surface area (Å²) in [6.45, 7) is 5.38. The molecule has 0 aromatic heterocycles. The Bertz CT molecular complexity index is 1030. The van der Waals surface area contributed by atoms with E-state index in [0.717, 1.165) is 5.56 Å². The standard InChI is InChI=1S/C21H25N3O5S/c1-3-29-21(26)24-12-10-23(11-13-24)20(25)17-7-5-9-19(15-17)30(27,28)22-18-8-4-6-16(2)14-18/h4-9,14-15,22H,3,10-13H2,1-2H3. The van der Waals surface area contributed by atoms with Crippen LogP contribution >= 0.6 is 0 Å². The van der Waals surface area contributed by atoms with Crippen molar-refractivity contribution in [2.24, 2.45) is 0 Å². The van der Waals surface area contributed by atoms with Gasteiger partial charge in [0.2, 0.25) is 0 Å². The SMILES string of the molecule is CCOC(=O)N1CCN(C(=O)c2cccc(S(=O)(=O)Nc3cccc(C)c3)c2)CC1. The molecule has 0 unspecified atom stereocenters. The van der Waals surface area contributed by atoms with Crippen molar-refractivity contribution in [1.29, 1.82) is 0 Å². The molecule has 1 aliphatic heterocycles. The molecule has 8 nitrogen and oxygen atoms in total. The first-order valence-corrected chi connectivity index (χ1v) is 11.2. The molecule has 30 heavy (non-hydrogen) atoms. The van der Waals surface area contributed by atoms with E-state index in [4.69, 9.17) is 4.74 Å². The van der Waals surface area contributed by atoms with Gasteiger partial charge in [-0.2, -0.15) is 0 Å². The van der Waals surface area contributed by atoms with E-state index in [1.165, 1.54) is 12.1 Å². The summed E-state index contributed by atoms with van der Waals surface area (Å²) in [6, 6.07) is 13.0. The monoisotopic (exact) mass is 431 g/mol. The van der Waals surface area contributed by atoms with Crippen molar-refractivity contribution in [2.45, 2.75) is 18.7 Å². The van der Waals surface area contributed by atoms with Crippen LogP contribution in [0.25, 0.3) is 0 Å². The summed E-state index contributed by atoms with van der Waals surface area (Å²) in [5.74, 6) is -0.272. The highest BCUT2D eigenvalue weighted by molar-refractivity contribution is 7.92. The second kappa shape index (κ2) is 9.17. The Morgan fingerprint density at radius 1 is 1.00 bits per heavy atom. The lowest BCUT2D eigenvalue weighted by Crippen LogP contribution is -2.50. The van der Waals surface area contributed by atoms with E-state index in [2.05, 4.69) is 4.72 Å². The number of amides is 2. The van der Waals surface area contributed by atoms with Gasteiger partial charge in [-0.15, -0.1) is 0 Å². The van der Waals surface area contributed by atoms with Crippen LogP contribution in [0.1, 0.15) is 22.8 Å². The fourth-order valence-corrected chi connectivity index (χ4v) is 4.30. The van der Waals surface area contributed by atoms with Gasteiger partial charge in [0, 0.05) is 37.4 Å². The minimum Gasteiger partial charge on any atom is -0.450 e. The third kappa shape index (κ3) is 5.10. The Labute approximate surface area is 176 Å². The molecule has 1 N–H and O–H groups in total. The number of nitrogens with one attached hydrogen (secondary N) is 1. The summed E-state index contributed by atoms with van der Waals surface area (Å²) < 4.78 is 33.0. The van der Waals surface area contributed by atoms with Gasteiger partial charge in [0.25, 0.3) is 15.9 Å². The minimum absolute atomic E-state index is 0.0139. The van der Waals surface area contributed by atoms with E-state index in [-0.39, 0.29) is 22.5 Å². The highest BCUT2D eigenvalue weighted by atomic mass is 32.2. The molecule has 0 bridgehead atoms. The topological polar surface area (TPSA) is 96.0 Å². The molecule has 1 saturated heterocycles. The minimum atomic E-state index is -3.83. The number of rotatable bonds is 5. The van der Waals surface area contributed by atoms with Crippen LogP contribution in [0.5, 0.6) is 0 Å². The maximum atomic E-state index is 12.9. The van der Waals surface area contributed by atoms with E-state index in [0.29, 0.717) is 38.5 Å². The molecular formula is C21H25N3O5S. The summed E-state index contributed by atoms with van der Waals surface area (Å²) in [4.78, 5) is 27.8. The van der Waals surface area contributed by atoms with Crippen molar-refractivity contribution in [3.05, 3.63) is 59.7 Å². The molecule has 0 atom stereocenters. The summed E-state index contributed by atoms with van der Waals surface area (Å²) in [6.07, 6.45) is -0.389. The molecule has 1 aliphatic rings. The third-order valence-electron chi connectivity index (χ3n) is 4.75. The van der Waals surface area contributed by atoms with Crippen molar-refractivity contribution < 1.29 is 22.7 Å². The van der Waals surface area contributed by atoms with Crippen molar-refractivity contribution in [2.75, 3.05) is 37.5 Å². The predicted molar refractivity (Wildman–Crippen MR) is 113 cm³/mol. The van der Waals surface area contributed by atoms with Gasteiger partial charge in [0.05, 0.1) is 11.5 Å². The van der Waals surface area contributed by atoms with Crippen molar-refractivity contribution in [3.8, 4) is 0 Å². The number of benzene rings is 2. The van der Waals surface area contributed by atoms with E-state index < -0.39 is 10.0 Å². The van der Waals surface area contributed by atoms with Crippen LogP contribution in [-0.4, -0.2) is 63.0 Å². The molecule has 0 aliphatic carbocycles. The fraction of sp³-hybridized carbons (Fsp3) is 0.333. The van der Waals surface area contributed by atoms with Gasteiger partial charge < -0.3 is 14.5 Å². The number of ether oxygens (including phenoxy) is 1. The smallest absolute Gasteiger partial charge is 0.409 e. The quantitative estimate of drug-likeness (QED) is 0.785. The first-order chi connectivity index (χ1) is 14.3. The Morgan fingerprint density at radius 3 is 2.33 bits per heavy atom. The Hall–Kier alpha value is -3.07. The highest BCUT2D eigenvalue weighted by Gasteiger charge is 2.26. The lowest BCUT2D eigenvalue weighted by Gasteiger charge is -2.34. The number of sulfonamides is 1.